The number of nitrogens with zero attached hydrogens (tertiary/aromatic N) is 2. The van der Waals surface area contributed by atoms with Crippen molar-refractivity contribution in [3.63, 3.8) is 0 Å². The molecule has 2 aromatic heterocycles. The number of pyridine rings is 1. The van der Waals surface area contributed by atoms with Crippen LogP contribution in [0.15, 0.2) is 23.7 Å². The quantitative estimate of drug-likeness (QED) is 0.717. The minimum Gasteiger partial charge on any atom is -0.497 e. The van der Waals surface area contributed by atoms with Crippen LogP contribution in [-0.4, -0.2) is 24.2 Å². The first-order valence-electron chi connectivity index (χ1n) is 7.09. The summed E-state index contributed by atoms with van der Waals surface area (Å²) < 4.78 is 10.9. The number of benzene rings is 1. The number of halogens is 1. The minimum absolute atomic E-state index is 0. The van der Waals surface area contributed by atoms with Crippen LogP contribution in [0.2, 0.25) is 0 Å². The van der Waals surface area contributed by atoms with E-state index in [2.05, 4.69) is 15.3 Å². The van der Waals surface area contributed by atoms with Crippen molar-refractivity contribution in [2.45, 2.75) is 13.5 Å². The molecule has 3 aromatic rings. The van der Waals surface area contributed by atoms with E-state index in [1.54, 1.807) is 31.8 Å². The summed E-state index contributed by atoms with van der Waals surface area (Å²) in [6, 6.07) is 3.78. The van der Waals surface area contributed by atoms with Gasteiger partial charge in [0.05, 0.1) is 37.5 Å². The Morgan fingerprint density at radius 1 is 1.25 bits per heavy atom. The van der Waals surface area contributed by atoms with Crippen molar-refractivity contribution >= 4 is 45.3 Å². The van der Waals surface area contributed by atoms with Crippen LogP contribution < -0.4 is 20.5 Å². The highest BCUT2D eigenvalue weighted by Crippen LogP contribution is 2.37. The van der Waals surface area contributed by atoms with Gasteiger partial charge in [-0.05, 0) is 13.0 Å². The molecule has 0 aliphatic heterocycles. The van der Waals surface area contributed by atoms with Gasteiger partial charge in [-0.2, -0.15) is 0 Å². The molecule has 0 unspecified atom stereocenters. The molecule has 8 heteroatoms. The summed E-state index contributed by atoms with van der Waals surface area (Å²) in [5, 5.41) is 7.94. The molecule has 0 saturated carbocycles. The van der Waals surface area contributed by atoms with Gasteiger partial charge in [-0.1, -0.05) is 0 Å². The summed E-state index contributed by atoms with van der Waals surface area (Å²) in [4.78, 5) is 8.89. The molecule has 0 aliphatic carbocycles. The molecule has 24 heavy (non-hydrogen) atoms. The molecule has 0 saturated heterocycles. The second kappa shape index (κ2) is 7.65. The lowest BCUT2D eigenvalue weighted by Crippen LogP contribution is -2.04. The standard InChI is InChI=1S/C16H18N4O2S.ClH/c1-9-8-23-16(19-9)20-13-7-18-12(6-17)15-11(13)4-10(21-2)5-14(15)22-3;/h4-5,7-8H,6,17H2,1-3H3,(H,19,20);1H. The molecular formula is C16H19ClN4O2S. The molecule has 0 radical (unpaired) electrons. The van der Waals surface area contributed by atoms with Crippen LogP contribution in [0.25, 0.3) is 10.8 Å². The van der Waals surface area contributed by atoms with Gasteiger partial charge in [-0.15, -0.1) is 23.7 Å². The number of nitrogens with two attached hydrogens (primary N) is 1. The Hall–Kier alpha value is -2.09. The first kappa shape index (κ1) is 18.3. The third-order valence-electron chi connectivity index (χ3n) is 3.51. The van der Waals surface area contributed by atoms with E-state index >= 15 is 0 Å². The second-order valence-corrected chi connectivity index (χ2v) is 5.85. The van der Waals surface area contributed by atoms with Crippen LogP contribution in [0, 0.1) is 6.92 Å². The predicted molar refractivity (Wildman–Crippen MR) is 100 cm³/mol. The number of fused-ring (bicyclic) bond motifs is 1. The lowest BCUT2D eigenvalue weighted by Gasteiger charge is -2.14. The Kier molecular flexibility index (Phi) is 5.82. The van der Waals surface area contributed by atoms with Gasteiger partial charge in [-0.3, -0.25) is 4.98 Å². The van der Waals surface area contributed by atoms with E-state index in [1.807, 2.05) is 24.4 Å². The molecule has 3 N–H and O–H groups in total. The third-order valence-corrected chi connectivity index (χ3v) is 4.39. The zero-order valence-electron chi connectivity index (χ0n) is 13.6. The number of thiazole rings is 1. The zero-order chi connectivity index (χ0) is 16.4. The van der Waals surface area contributed by atoms with E-state index < -0.39 is 0 Å². The van der Waals surface area contributed by atoms with Crippen molar-refractivity contribution < 1.29 is 9.47 Å². The maximum absolute atomic E-state index is 5.84. The van der Waals surface area contributed by atoms with Gasteiger partial charge in [0, 0.05) is 28.8 Å². The normalized spacial score (nSPS) is 10.3. The molecule has 0 fully saturated rings. The topological polar surface area (TPSA) is 82.3 Å². The fourth-order valence-electron chi connectivity index (χ4n) is 2.44. The molecule has 128 valence electrons. The average Bonchev–Trinajstić information content (AvgIpc) is 2.99. The summed E-state index contributed by atoms with van der Waals surface area (Å²) in [5.41, 5.74) is 8.43. The van der Waals surface area contributed by atoms with Crippen molar-refractivity contribution in [1.82, 2.24) is 9.97 Å². The van der Waals surface area contributed by atoms with Crippen LogP contribution in [0.1, 0.15) is 11.4 Å². The van der Waals surface area contributed by atoms with E-state index in [0.29, 0.717) is 18.0 Å². The predicted octanol–water partition coefficient (Wildman–Crippen LogP) is 3.64. The average molecular weight is 367 g/mol. The molecule has 2 heterocycles. The summed E-state index contributed by atoms with van der Waals surface area (Å²) >= 11 is 1.55. The van der Waals surface area contributed by atoms with Gasteiger partial charge in [0.25, 0.3) is 0 Å². The maximum atomic E-state index is 5.84. The van der Waals surface area contributed by atoms with Crippen molar-refractivity contribution in [3.05, 3.63) is 35.1 Å². The lowest BCUT2D eigenvalue weighted by molar-refractivity contribution is 0.397. The summed E-state index contributed by atoms with van der Waals surface area (Å²) in [5.74, 6) is 1.40. The Morgan fingerprint density at radius 2 is 2.04 bits per heavy atom. The van der Waals surface area contributed by atoms with Crippen LogP contribution in [0.3, 0.4) is 0 Å². The maximum Gasteiger partial charge on any atom is 0.187 e. The van der Waals surface area contributed by atoms with Gasteiger partial charge in [-0.25, -0.2) is 4.98 Å². The van der Waals surface area contributed by atoms with Crippen LogP contribution >= 0.6 is 23.7 Å². The Bertz CT molecular complexity index is 853. The summed E-state index contributed by atoms with van der Waals surface area (Å²) in [6.07, 6.45) is 1.76. The number of rotatable bonds is 5. The van der Waals surface area contributed by atoms with E-state index in [4.69, 9.17) is 15.2 Å². The molecule has 0 aliphatic rings. The smallest absolute Gasteiger partial charge is 0.187 e. The molecule has 0 amide bonds. The van der Waals surface area contributed by atoms with Gasteiger partial charge >= 0.3 is 0 Å². The molecular weight excluding hydrogens is 348 g/mol. The van der Waals surface area contributed by atoms with E-state index in [1.165, 1.54) is 0 Å². The monoisotopic (exact) mass is 366 g/mol. The van der Waals surface area contributed by atoms with Gasteiger partial charge in [0.15, 0.2) is 5.13 Å². The number of aromatic nitrogens is 2. The SMILES string of the molecule is COc1cc(OC)c2c(CN)ncc(Nc3nc(C)cs3)c2c1.Cl. The number of aryl methyl sites for hydroxylation is 1. The number of hydrogen-bond donors (Lipinski definition) is 2. The molecule has 0 atom stereocenters. The van der Waals surface area contributed by atoms with Gasteiger partial charge < -0.3 is 20.5 Å². The van der Waals surface area contributed by atoms with Crippen molar-refractivity contribution in [3.8, 4) is 11.5 Å². The highest BCUT2D eigenvalue weighted by Gasteiger charge is 2.14. The van der Waals surface area contributed by atoms with Crippen molar-refractivity contribution in [2.24, 2.45) is 5.73 Å². The number of anilines is 2. The molecule has 1 aromatic carbocycles. The van der Waals surface area contributed by atoms with Gasteiger partial charge in [0.1, 0.15) is 11.5 Å². The highest BCUT2D eigenvalue weighted by molar-refractivity contribution is 7.13. The van der Waals surface area contributed by atoms with Crippen LogP contribution in [0.4, 0.5) is 10.8 Å². The van der Waals surface area contributed by atoms with Crippen molar-refractivity contribution in [1.29, 1.82) is 0 Å². The molecule has 3 rings (SSSR count). The lowest BCUT2D eigenvalue weighted by atomic mass is 10.1. The third kappa shape index (κ3) is 3.38. The van der Waals surface area contributed by atoms with E-state index in [-0.39, 0.29) is 12.4 Å². The number of hydrogen-bond acceptors (Lipinski definition) is 7. The fraction of sp³-hybridized carbons (Fsp3) is 0.250. The zero-order valence-corrected chi connectivity index (χ0v) is 15.3. The van der Waals surface area contributed by atoms with Crippen molar-refractivity contribution in [2.75, 3.05) is 19.5 Å². The summed E-state index contributed by atoms with van der Waals surface area (Å²) in [7, 11) is 3.25. The second-order valence-electron chi connectivity index (χ2n) is 4.99. The summed E-state index contributed by atoms with van der Waals surface area (Å²) in [6.45, 7) is 2.29. The van der Waals surface area contributed by atoms with Crippen LogP contribution in [-0.2, 0) is 6.54 Å². The van der Waals surface area contributed by atoms with Gasteiger partial charge in [0.2, 0.25) is 0 Å². The number of nitrogens with one attached hydrogen (secondary N) is 1. The molecule has 0 spiro atoms. The number of methoxy groups -OCH3 is 2. The fourth-order valence-corrected chi connectivity index (χ4v) is 3.14. The first-order chi connectivity index (χ1) is 11.2. The molecule has 0 bridgehead atoms. The highest BCUT2D eigenvalue weighted by atomic mass is 35.5. The Labute approximate surface area is 150 Å². The first-order valence-corrected chi connectivity index (χ1v) is 7.97. The Balaban J connectivity index is 0.00000208. The van der Waals surface area contributed by atoms with E-state index in [0.717, 1.165) is 33.0 Å². The van der Waals surface area contributed by atoms with E-state index in [9.17, 15) is 0 Å². The molecule has 6 nitrogen and oxygen atoms in total. The number of ether oxygens (including phenoxy) is 2. The minimum atomic E-state index is 0. The largest absolute Gasteiger partial charge is 0.497 e. The van der Waals surface area contributed by atoms with Crippen LogP contribution in [0.5, 0.6) is 11.5 Å². The Morgan fingerprint density at radius 3 is 2.62 bits per heavy atom.